The highest BCUT2D eigenvalue weighted by Crippen LogP contribution is 2.27. The fraction of sp³-hybridized carbons (Fsp3) is 0.474. The lowest BCUT2D eigenvalue weighted by atomic mass is 9.88. The Bertz CT molecular complexity index is 696. The number of rotatable bonds is 5. The second kappa shape index (κ2) is 7.07. The maximum absolute atomic E-state index is 12.8. The molecule has 0 atom stereocenters. The molecule has 0 spiro atoms. The molecule has 24 heavy (non-hydrogen) atoms. The van der Waals surface area contributed by atoms with Crippen LogP contribution in [0.1, 0.15) is 48.1 Å². The molecule has 1 aromatic carbocycles. The molecule has 0 saturated heterocycles. The summed E-state index contributed by atoms with van der Waals surface area (Å²) in [5, 5.41) is 4.09. The lowest BCUT2D eigenvalue weighted by Crippen LogP contribution is -2.31. The summed E-state index contributed by atoms with van der Waals surface area (Å²) in [5.74, 6) is 1.35. The van der Waals surface area contributed by atoms with Crippen molar-refractivity contribution in [3.05, 3.63) is 46.8 Å². The van der Waals surface area contributed by atoms with Crippen LogP contribution >= 0.6 is 0 Å². The van der Waals surface area contributed by atoms with E-state index in [2.05, 4.69) is 5.16 Å². The third-order valence-electron chi connectivity index (χ3n) is 4.03. The zero-order valence-corrected chi connectivity index (χ0v) is 15.3. The zero-order chi connectivity index (χ0) is 17.9. The number of carbonyl (C=O) groups excluding carboxylic acids is 1. The minimum absolute atomic E-state index is 0.0489. The van der Waals surface area contributed by atoms with Crippen molar-refractivity contribution in [1.82, 2.24) is 10.1 Å². The average molecular weight is 330 g/mol. The van der Waals surface area contributed by atoms with Gasteiger partial charge in [-0.25, -0.2) is 0 Å². The highest BCUT2D eigenvalue weighted by atomic mass is 16.5. The second-order valence-electron chi connectivity index (χ2n) is 7.04. The van der Waals surface area contributed by atoms with Gasteiger partial charge in [-0.05, 0) is 31.0 Å². The number of nitrogens with zero attached hydrogens (tertiary/aromatic N) is 2. The Morgan fingerprint density at radius 2 is 1.88 bits per heavy atom. The lowest BCUT2D eigenvalue weighted by Gasteiger charge is -2.21. The molecule has 0 radical (unpaired) electrons. The second-order valence-corrected chi connectivity index (χ2v) is 7.04. The van der Waals surface area contributed by atoms with E-state index in [-0.39, 0.29) is 11.3 Å². The molecule has 130 valence electrons. The standard InChI is InChI=1S/C19H26N2O3/c1-13-16(17(20-24-13)19(2,3)4)18(22)21(5)12-11-14-7-9-15(23-6)10-8-14/h7-10H,11-12H2,1-6H3. The van der Waals surface area contributed by atoms with Crippen molar-refractivity contribution in [3.63, 3.8) is 0 Å². The number of amides is 1. The Kier molecular flexibility index (Phi) is 5.32. The Labute approximate surface area is 143 Å². The molecule has 5 nitrogen and oxygen atoms in total. The molecule has 2 aromatic rings. The highest BCUT2D eigenvalue weighted by Gasteiger charge is 2.30. The molecule has 0 unspecified atom stereocenters. The van der Waals surface area contributed by atoms with Crippen LogP contribution in [0, 0.1) is 6.92 Å². The molecule has 2 rings (SSSR count). The number of methoxy groups -OCH3 is 1. The lowest BCUT2D eigenvalue weighted by molar-refractivity contribution is 0.0792. The first kappa shape index (κ1) is 18.0. The Morgan fingerprint density at radius 3 is 2.42 bits per heavy atom. The van der Waals surface area contributed by atoms with Crippen LogP contribution in [0.15, 0.2) is 28.8 Å². The van der Waals surface area contributed by atoms with Gasteiger partial charge in [-0.1, -0.05) is 38.1 Å². The van der Waals surface area contributed by atoms with Crippen LogP contribution in [0.4, 0.5) is 0 Å². The molecule has 0 aliphatic rings. The van der Waals surface area contributed by atoms with Gasteiger partial charge in [-0.3, -0.25) is 4.79 Å². The summed E-state index contributed by atoms with van der Waals surface area (Å²) in [5.41, 5.74) is 2.22. The van der Waals surface area contributed by atoms with Gasteiger partial charge in [0.05, 0.1) is 7.11 Å². The number of aryl methyl sites for hydroxylation is 1. The highest BCUT2D eigenvalue weighted by molar-refractivity contribution is 5.96. The maximum atomic E-state index is 12.8. The van der Waals surface area contributed by atoms with Crippen molar-refractivity contribution in [3.8, 4) is 5.75 Å². The van der Waals surface area contributed by atoms with Gasteiger partial charge < -0.3 is 14.2 Å². The predicted molar refractivity (Wildman–Crippen MR) is 93.6 cm³/mol. The van der Waals surface area contributed by atoms with E-state index in [9.17, 15) is 4.79 Å². The molecule has 0 fully saturated rings. The van der Waals surface area contributed by atoms with Crippen molar-refractivity contribution in [1.29, 1.82) is 0 Å². The topological polar surface area (TPSA) is 55.6 Å². The minimum Gasteiger partial charge on any atom is -0.497 e. The third-order valence-corrected chi connectivity index (χ3v) is 4.03. The average Bonchev–Trinajstić information content (AvgIpc) is 2.94. The van der Waals surface area contributed by atoms with Crippen molar-refractivity contribution < 1.29 is 14.1 Å². The summed E-state index contributed by atoms with van der Waals surface area (Å²) in [6.07, 6.45) is 0.779. The summed E-state index contributed by atoms with van der Waals surface area (Å²) in [6, 6.07) is 7.89. The van der Waals surface area contributed by atoms with E-state index in [1.54, 1.807) is 18.9 Å². The largest absolute Gasteiger partial charge is 0.497 e. The van der Waals surface area contributed by atoms with Crippen LogP contribution in [0.25, 0.3) is 0 Å². The zero-order valence-electron chi connectivity index (χ0n) is 15.3. The first-order valence-electron chi connectivity index (χ1n) is 8.09. The Morgan fingerprint density at radius 1 is 1.25 bits per heavy atom. The van der Waals surface area contributed by atoms with E-state index >= 15 is 0 Å². The van der Waals surface area contributed by atoms with Crippen LogP contribution in [-0.4, -0.2) is 36.7 Å². The fourth-order valence-electron chi connectivity index (χ4n) is 2.52. The van der Waals surface area contributed by atoms with Crippen molar-refractivity contribution in [2.24, 2.45) is 0 Å². The van der Waals surface area contributed by atoms with Gasteiger partial charge >= 0.3 is 0 Å². The minimum atomic E-state index is -0.237. The first-order valence-corrected chi connectivity index (χ1v) is 8.09. The van der Waals surface area contributed by atoms with Gasteiger partial charge in [0.1, 0.15) is 22.8 Å². The summed E-state index contributed by atoms with van der Waals surface area (Å²) >= 11 is 0. The van der Waals surface area contributed by atoms with Crippen molar-refractivity contribution >= 4 is 5.91 Å². The van der Waals surface area contributed by atoms with Gasteiger partial charge in [0.25, 0.3) is 5.91 Å². The quantitative estimate of drug-likeness (QED) is 0.840. The van der Waals surface area contributed by atoms with Gasteiger partial charge in [-0.15, -0.1) is 0 Å². The van der Waals surface area contributed by atoms with E-state index in [0.717, 1.165) is 17.7 Å². The number of hydrogen-bond donors (Lipinski definition) is 0. The number of benzene rings is 1. The molecule has 0 aliphatic heterocycles. The van der Waals surface area contributed by atoms with Gasteiger partial charge in [-0.2, -0.15) is 0 Å². The maximum Gasteiger partial charge on any atom is 0.259 e. The molecule has 0 bridgehead atoms. The van der Waals surface area contributed by atoms with E-state index in [4.69, 9.17) is 9.26 Å². The number of hydrogen-bond acceptors (Lipinski definition) is 4. The number of ether oxygens (including phenoxy) is 1. The molecule has 0 aliphatic carbocycles. The van der Waals surface area contributed by atoms with E-state index < -0.39 is 0 Å². The van der Waals surface area contributed by atoms with Crippen LogP contribution in [0.3, 0.4) is 0 Å². The Balaban J connectivity index is 2.08. The summed E-state index contributed by atoms with van der Waals surface area (Å²) in [6.45, 7) is 8.49. The third kappa shape index (κ3) is 3.96. The molecule has 5 heteroatoms. The van der Waals surface area contributed by atoms with Gasteiger partial charge in [0.15, 0.2) is 0 Å². The van der Waals surface area contributed by atoms with Crippen LogP contribution in [0.5, 0.6) is 5.75 Å². The summed E-state index contributed by atoms with van der Waals surface area (Å²) in [7, 11) is 3.46. The van der Waals surface area contributed by atoms with Crippen LogP contribution in [0.2, 0.25) is 0 Å². The first-order chi connectivity index (χ1) is 11.2. The van der Waals surface area contributed by atoms with Crippen molar-refractivity contribution in [2.75, 3.05) is 20.7 Å². The predicted octanol–water partition coefficient (Wildman–Crippen LogP) is 3.60. The van der Waals surface area contributed by atoms with E-state index in [1.165, 1.54) is 0 Å². The number of aromatic nitrogens is 1. The summed E-state index contributed by atoms with van der Waals surface area (Å²) in [4.78, 5) is 14.5. The molecule has 1 aromatic heterocycles. The molecular formula is C19H26N2O3. The molecule has 1 amide bonds. The SMILES string of the molecule is COc1ccc(CCN(C)C(=O)c2c(C(C)(C)C)noc2C)cc1. The molecular weight excluding hydrogens is 304 g/mol. The van der Waals surface area contributed by atoms with E-state index in [0.29, 0.717) is 23.6 Å². The smallest absolute Gasteiger partial charge is 0.259 e. The molecule has 0 saturated carbocycles. The van der Waals surface area contributed by atoms with Gasteiger partial charge in [0, 0.05) is 19.0 Å². The molecule has 0 N–H and O–H groups in total. The van der Waals surface area contributed by atoms with E-state index in [1.807, 2.05) is 52.1 Å². The fourth-order valence-corrected chi connectivity index (χ4v) is 2.52. The van der Waals surface area contributed by atoms with Crippen LogP contribution < -0.4 is 4.74 Å². The number of likely N-dealkylation sites (N-methyl/N-ethyl adjacent to an activating group) is 1. The van der Waals surface area contributed by atoms with Crippen LogP contribution in [-0.2, 0) is 11.8 Å². The summed E-state index contributed by atoms with van der Waals surface area (Å²) < 4.78 is 10.4. The Hall–Kier alpha value is -2.30. The normalized spacial score (nSPS) is 11.4. The number of carbonyl (C=O) groups is 1. The van der Waals surface area contributed by atoms with Crippen molar-refractivity contribution in [2.45, 2.75) is 39.5 Å². The van der Waals surface area contributed by atoms with Gasteiger partial charge in [0.2, 0.25) is 0 Å². The molecule has 1 heterocycles. The monoisotopic (exact) mass is 330 g/mol.